The number of carbonyl (C=O) groups excluding carboxylic acids is 2. The highest BCUT2D eigenvalue weighted by molar-refractivity contribution is 7.09. The van der Waals surface area contributed by atoms with Gasteiger partial charge in [-0.2, -0.15) is 0 Å². The van der Waals surface area contributed by atoms with Gasteiger partial charge in [0.15, 0.2) is 0 Å². The number of aliphatic hydroxyl groups excluding tert-OH is 1. The standard InChI is InChI=1S/C8H12N4O3S/c9-1-6-12-4(3-16-6)8(15)11-2-5(13)7(10)14/h3,5,13H,1-2,9H2,(H2,10,14)(H,11,15). The number of amides is 2. The number of rotatable bonds is 5. The molecule has 1 atom stereocenters. The highest BCUT2D eigenvalue weighted by atomic mass is 32.1. The van der Waals surface area contributed by atoms with Crippen molar-refractivity contribution in [2.24, 2.45) is 11.5 Å². The summed E-state index contributed by atoms with van der Waals surface area (Å²) >= 11 is 1.27. The van der Waals surface area contributed by atoms with Gasteiger partial charge in [0.2, 0.25) is 5.91 Å². The molecule has 7 nitrogen and oxygen atoms in total. The second-order valence-electron chi connectivity index (χ2n) is 2.96. The predicted octanol–water partition coefficient (Wildman–Crippen LogP) is -1.82. The van der Waals surface area contributed by atoms with Crippen LogP contribution in [0.5, 0.6) is 0 Å². The van der Waals surface area contributed by atoms with Gasteiger partial charge in [-0.3, -0.25) is 9.59 Å². The normalized spacial score (nSPS) is 12.1. The molecule has 1 unspecified atom stereocenters. The third kappa shape index (κ3) is 3.26. The SMILES string of the molecule is NCc1nc(C(=O)NCC(O)C(N)=O)cs1. The number of hydrogen-bond donors (Lipinski definition) is 4. The summed E-state index contributed by atoms with van der Waals surface area (Å²) in [6, 6.07) is 0. The van der Waals surface area contributed by atoms with Gasteiger partial charge >= 0.3 is 0 Å². The fourth-order valence-electron chi connectivity index (χ4n) is 0.889. The van der Waals surface area contributed by atoms with E-state index in [0.717, 1.165) is 0 Å². The second-order valence-corrected chi connectivity index (χ2v) is 3.90. The molecule has 0 saturated heterocycles. The summed E-state index contributed by atoms with van der Waals surface area (Å²) in [4.78, 5) is 25.9. The Morgan fingerprint density at radius 3 is 2.81 bits per heavy atom. The number of aliphatic hydroxyl groups is 1. The van der Waals surface area contributed by atoms with Crippen molar-refractivity contribution in [1.29, 1.82) is 0 Å². The van der Waals surface area contributed by atoms with E-state index in [0.29, 0.717) is 5.01 Å². The number of nitrogens with one attached hydrogen (secondary N) is 1. The van der Waals surface area contributed by atoms with E-state index in [-0.39, 0.29) is 18.8 Å². The van der Waals surface area contributed by atoms with E-state index in [2.05, 4.69) is 10.3 Å². The van der Waals surface area contributed by atoms with E-state index in [1.807, 2.05) is 0 Å². The fraction of sp³-hybridized carbons (Fsp3) is 0.375. The second kappa shape index (κ2) is 5.54. The number of thiazole rings is 1. The molecule has 16 heavy (non-hydrogen) atoms. The minimum absolute atomic E-state index is 0.210. The molecule has 0 aliphatic heterocycles. The van der Waals surface area contributed by atoms with E-state index in [4.69, 9.17) is 16.6 Å². The Morgan fingerprint density at radius 1 is 1.62 bits per heavy atom. The molecular formula is C8H12N4O3S. The summed E-state index contributed by atoms with van der Waals surface area (Å²) in [6.07, 6.45) is -1.39. The van der Waals surface area contributed by atoms with Crippen LogP contribution in [0.2, 0.25) is 0 Å². The average molecular weight is 244 g/mol. The van der Waals surface area contributed by atoms with Crippen LogP contribution < -0.4 is 16.8 Å². The van der Waals surface area contributed by atoms with Crippen molar-refractivity contribution >= 4 is 23.2 Å². The van der Waals surface area contributed by atoms with E-state index in [1.165, 1.54) is 11.3 Å². The Bertz CT molecular complexity index is 392. The van der Waals surface area contributed by atoms with Crippen molar-refractivity contribution in [2.75, 3.05) is 6.54 Å². The molecule has 1 rings (SSSR count). The molecule has 0 saturated carbocycles. The van der Waals surface area contributed by atoms with E-state index in [1.54, 1.807) is 5.38 Å². The predicted molar refractivity (Wildman–Crippen MR) is 57.5 cm³/mol. The summed E-state index contributed by atoms with van der Waals surface area (Å²) in [5, 5.41) is 13.6. The molecule has 0 radical (unpaired) electrons. The third-order valence-electron chi connectivity index (χ3n) is 1.74. The number of carbonyl (C=O) groups is 2. The zero-order valence-corrected chi connectivity index (χ0v) is 9.16. The number of nitrogens with two attached hydrogens (primary N) is 2. The van der Waals surface area contributed by atoms with Crippen LogP contribution in [-0.4, -0.2) is 34.6 Å². The maximum atomic E-state index is 11.4. The van der Waals surface area contributed by atoms with Crippen molar-refractivity contribution in [3.8, 4) is 0 Å². The van der Waals surface area contributed by atoms with Crippen LogP contribution >= 0.6 is 11.3 Å². The van der Waals surface area contributed by atoms with E-state index < -0.39 is 17.9 Å². The molecule has 1 heterocycles. The lowest BCUT2D eigenvalue weighted by atomic mass is 10.3. The van der Waals surface area contributed by atoms with Gasteiger partial charge < -0.3 is 21.9 Å². The maximum Gasteiger partial charge on any atom is 0.270 e. The van der Waals surface area contributed by atoms with Crippen LogP contribution in [0.25, 0.3) is 0 Å². The van der Waals surface area contributed by atoms with Crippen molar-refractivity contribution < 1.29 is 14.7 Å². The van der Waals surface area contributed by atoms with Crippen LogP contribution in [0.3, 0.4) is 0 Å². The lowest BCUT2D eigenvalue weighted by Crippen LogP contribution is -2.40. The first-order chi connectivity index (χ1) is 7.54. The molecule has 1 aromatic heterocycles. The van der Waals surface area contributed by atoms with Crippen LogP contribution in [-0.2, 0) is 11.3 Å². The van der Waals surface area contributed by atoms with Gasteiger partial charge in [-0.05, 0) is 0 Å². The van der Waals surface area contributed by atoms with Gasteiger partial charge in [0, 0.05) is 11.9 Å². The van der Waals surface area contributed by atoms with Crippen LogP contribution in [0.15, 0.2) is 5.38 Å². The lowest BCUT2D eigenvalue weighted by Gasteiger charge is -2.06. The summed E-state index contributed by atoms with van der Waals surface area (Å²) < 4.78 is 0. The van der Waals surface area contributed by atoms with Crippen LogP contribution in [0.4, 0.5) is 0 Å². The molecule has 0 fully saturated rings. The molecule has 0 bridgehead atoms. The summed E-state index contributed by atoms with van der Waals surface area (Å²) in [5.74, 6) is -1.36. The largest absolute Gasteiger partial charge is 0.381 e. The Morgan fingerprint density at radius 2 is 2.31 bits per heavy atom. The van der Waals surface area contributed by atoms with E-state index >= 15 is 0 Å². The van der Waals surface area contributed by atoms with Crippen LogP contribution in [0.1, 0.15) is 15.5 Å². The zero-order chi connectivity index (χ0) is 12.1. The van der Waals surface area contributed by atoms with Crippen molar-refractivity contribution in [1.82, 2.24) is 10.3 Å². The molecule has 88 valence electrons. The molecule has 0 aliphatic carbocycles. The molecule has 0 aliphatic rings. The summed E-state index contributed by atoms with van der Waals surface area (Å²) in [5.41, 5.74) is 10.4. The highest BCUT2D eigenvalue weighted by Gasteiger charge is 2.14. The van der Waals surface area contributed by atoms with Crippen molar-refractivity contribution in [3.05, 3.63) is 16.1 Å². The Balaban J connectivity index is 2.49. The summed E-state index contributed by atoms with van der Waals surface area (Å²) in [7, 11) is 0. The van der Waals surface area contributed by atoms with Crippen LogP contribution in [0, 0.1) is 0 Å². The first kappa shape index (κ1) is 12.6. The number of primary amides is 1. The Kier molecular flexibility index (Phi) is 4.35. The average Bonchev–Trinajstić information content (AvgIpc) is 2.73. The van der Waals surface area contributed by atoms with Gasteiger partial charge in [0.05, 0.1) is 6.54 Å². The van der Waals surface area contributed by atoms with Gasteiger partial charge in [-0.15, -0.1) is 11.3 Å². The Hall–Kier alpha value is -1.51. The summed E-state index contributed by atoms with van der Waals surface area (Å²) in [6.45, 7) is 0.0332. The van der Waals surface area contributed by atoms with Gasteiger partial charge in [0.1, 0.15) is 16.8 Å². The quantitative estimate of drug-likeness (QED) is 0.484. The number of nitrogens with zero attached hydrogens (tertiary/aromatic N) is 1. The highest BCUT2D eigenvalue weighted by Crippen LogP contribution is 2.08. The molecule has 1 aromatic rings. The van der Waals surface area contributed by atoms with Gasteiger partial charge in [-0.1, -0.05) is 0 Å². The monoisotopic (exact) mass is 244 g/mol. The first-order valence-electron chi connectivity index (χ1n) is 4.44. The Labute approximate surface area is 95.5 Å². The molecule has 6 N–H and O–H groups in total. The number of aromatic nitrogens is 1. The topological polar surface area (TPSA) is 131 Å². The van der Waals surface area contributed by atoms with E-state index in [9.17, 15) is 9.59 Å². The molecular weight excluding hydrogens is 232 g/mol. The minimum Gasteiger partial charge on any atom is -0.381 e. The van der Waals surface area contributed by atoms with Crippen molar-refractivity contribution in [3.63, 3.8) is 0 Å². The first-order valence-corrected chi connectivity index (χ1v) is 5.32. The maximum absolute atomic E-state index is 11.4. The minimum atomic E-state index is -1.39. The lowest BCUT2D eigenvalue weighted by molar-refractivity contribution is -0.125. The third-order valence-corrected chi connectivity index (χ3v) is 2.61. The smallest absolute Gasteiger partial charge is 0.270 e. The van der Waals surface area contributed by atoms with Gasteiger partial charge in [-0.25, -0.2) is 4.98 Å². The molecule has 0 aromatic carbocycles. The molecule has 0 spiro atoms. The molecule has 8 heteroatoms. The number of hydrogen-bond acceptors (Lipinski definition) is 6. The van der Waals surface area contributed by atoms with Crippen molar-refractivity contribution in [2.45, 2.75) is 12.6 Å². The molecule has 2 amide bonds. The fourth-order valence-corrected chi connectivity index (χ4v) is 1.54. The van der Waals surface area contributed by atoms with Gasteiger partial charge in [0.25, 0.3) is 5.91 Å². The zero-order valence-electron chi connectivity index (χ0n) is 8.34.